The number of H-pyrrole nitrogens is 1. The molecule has 1 aliphatic rings. The number of benzene rings is 1. The van der Waals surface area contributed by atoms with E-state index in [-0.39, 0.29) is 11.9 Å². The number of fused-ring (bicyclic) bond motifs is 1. The van der Waals surface area contributed by atoms with Gasteiger partial charge in [-0.2, -0.15) is 0 Å². The average molecular weight is 276 g/mol. The Morgan fingerprint density at radius 1 is 1.26 bits per heavy atom. The van der Waals surface area contributed by atoms with Crippen molar-refractivity contribution in [3.8, 4) is 0 Å². The maximum absolute atomic E-state index is 12.3. The summed E-state index contributed by atoms with van der Waals surface area (Å²) in [5, 5.41) is 3.99. The molecule has 3 rings (SSSR count). The van der Waals surface area contributed by atoms with Gasteiger partial charge in [-0.1, -0.05) is 6.07 Å². The lowest BCUT2D eigenvalue weighted by Crippen LogP contribution is -2.39. The van der Waals surface area contributed by atoms with E-state index < -0.39 is 10.8 Å². The quantitative estimate of drug-likeness (QED) is 0.878. The smallest absolute Gasteiger partial charge is 0.252 e. The van der Waals surface area contributed by atoms with E-state index in [2.05, 4.69) is 10.3 Å². The zero-order chi connectivity index (χ0) is 13.2. The Kier molecular flexibility index (Phi) is 3.38. The van der Waals surface area contributed by atoms with E-state index in [0.29, 0.717) is 17.1 Å². The third-order valence-corrected chi connectivity index (χ3v) is 4.94. The molecule has 0 spiro atoms. The van der Waals surface area contributed by atoms with Gasteiger partial charge in [-0.25, -0.2) is 0 Å². The highest BCUT2D eigenvalue weighted by Crippen LogP contribution is 2.18. The van der Waals surface area contributed by atoms with Crippen LogP contribution >= 0.6 is 0 Å². The minimum atomic E-state index is -0.692. The summed E-state index contributed by atoms with van der Waals surface area (Å²) in [6.07, 6.45) is 3.45. The number of carbonyl (C=O) groups is 1. The van der Waals surface area contributed by atoms with Crippen LogP contribution in [0.4, 0.5) is 0 Å². The number of amides is 1. The number of carbonyl (C=O) groups excluding carboxylic acids is 1. The first-order chi connectivity index (χ1) is 9.24. The Hall–Kier alpha value is -1.62. The highest BCUT2D eigenvalue weighted by molar-refractivity contribution is 7.85. The topological polar surface area (TPSA) is 62.0 Å². The maximum Gasteiger partial charge on any atom is 0.252 e. The summed E-state index contributed by atoms with van der Waals surface area (Å²) in [5.41, 5.74) is 1.67. The third kappa shape index (κ3) is 2.56. The lowest BCUT2D eigenvalue weighted by molar-refractivity contribution is 0.0936. The van der Waals surface area contributed by atoms with Gasteiger partial charge in [-0.05, 0) is 31.0 Å². The molecule has 0 radical (unpaired) electrons. The van der Waals surface area contributed by atoms with Gasteiger partial charge in [0.2, 0.25) is 0 Å². The van der Waals surface area contributed by atoms with E-state index in [9.17, 15) is 9.00 Å². The molecule has 1 fully saturated rings. The average Bonchev–Trinajstić information content (AvgIpc) is 2.89. The third-order valence-electron chi connectivity index (χ3n) is 3.56. The van der Waals surface area contributed by atoms with Crippen molar-refractivity contribution in [1.29, 1.82) is 0 Å². The van der Waals surface area contributed by atoms with Crippen molar-refractivity contribution in [2.24, 2.45) is 0 Å². The molecule has 2 aromatic rings. The van der Waals surface area contributed by atoms with Crippen molar-refractivity contribution in [3.05, 3.63) is 36.0 Å². The molecule has 2 N–H and O–H groups in total. The zero-order valence-electron chi connectivity index (χ0n) is 10.5. The van der Waals surface area contributed by atoms with Crippen LogP contribution < -0.4 is 5.32 Å². The Balaban J connectivity index is 1.77. The highest BCUT2D eigenvalue weighted by Gasteiger charge is 2.20. The van der Waals surface area contributed by atoms with Crippen molar-refractivity contribution >= 4 is 27.6 Å². The first-order valence-corrected chi connectivity index (χ1v) is 7.95. The molecule has 1 aromatic carbocycles. The van der Waals surface area contributed by atoms with Crippen molar-refractivity contribution in [2.75, 3.05) is 11.5 Å². The monoisotopic (exact) mass is 276 g/mol. The fourth-order valence-electron chi connectivity index (χ4n) is 2.48. The second-order valence-corrected chi connectivity index (χ2v) is 6.54. The summed E-state index contributed by atoms with van der Waals surface area (Å²) in [6.45, 7) is 0. The molecule has 2 heterocycles. The van der Waals surface area contributed by atoms with E-state index in [1.807, 2.05) is 30.5 Å². The fraction of sp³-hybridized carbons (Fsp3) is 0.357. The van der Waals surface area contributed by atoms with E-state index in [1.54, 1.807) is 0 Å². The van der Waals surface area contributed by atoms with Crippen LogP contribution in [0.2, 0.25) is 0 Å². The van der Waals surface area contributed by atoms with Gasteiger partial charge in [-0.3, -0.25) is 9.00 Å². The van der Waals surface area contributed by atoms with Crippen LogP contribution in [0, 0.1) is 0 Å². The van der Waals surface area contributed by atoms with Crippen LogP contribution in [0.5, 0.6) is 0 Å². The van der Waals surface area contributed by atoms with Gasteiger partial charge in [0.15, 0.2) is 0 Å². The van der Waals surface area contributed by atoms with Gasteiger partial charge in [0.25, 0.3) is 5.91 Å². The van der Waals surface area contributed by atoms with Crippen LogP contribution in [0.3, 0.4) is 0 Å². The molecule has 0 unspecified atom stereocenters. The molecular formula is C14H16N2O2S. The van der Waals surface area contributed by atoms with Gasteiger partial charge in [-0.15, -0.1) is 0 Å². The molecule has 0 atom stereocenters. The predicted octanol–water partition coefficient (Wildman–Crippen LogP) is 1.81. The van der Waals surface area contributed by atoms with E-state index in [1.165, 1.54) is 0 Å². The number of aromatic nitrogens is 1. The molecule has 0 bridgehead atoms. The van der Waals surface area contributed by atoms with E-state index in [0.717, 1.165) is 23.7 Å². The molecule has 1 aromatic heterocycles. The summed E-state index contributed by atoms with van der Waals surface area (Å²) < 4.78 is 11.3. The minimum absolute atomic E-state index is 0.0390. The Morgan fingerprint density at radius 3 is 2.84 bits per heavy atom. The fourth-order valence-corrected chi connectivity index (χ4v) is 3.78. The first-order valence-electron chi connectivity index (χ1n) is 6.46. The Bertz CT molecular complexity index is 625. The van der Waals surface area contributed by atoms with Gasteiger partial charge in [0, 0.05) is 51.0 Å². The molecule has 1 amide bonds. The predicted molar refractivity (Wildman–Crippen MR) is 76.7 cm³/mol. The summed E-state index contributed by atoms with van der Waals surface area (Å²) >= 11 is 0. The second-order valence-electron chi connectivity index (χ2n) is 4.84. The number of hydrogen-bond acceptors (Lipinski definition) is 2. The SMILES string of the molecule is O=C(NC1CCS(=O)CC1)c1cccc2[nH]ccc12. The van der Waals surface area contributed by atoms with Gasteiger partial charge in [0.1, 0.15) is 0 Å². The normalized spacial score (nSPS) is 23.4. The summed E-state index contributed by atoms with van der Waals surface area (Å²) in [7, 11) is -0.692. The summed E-state index contributed by atoms with van der Waals surface area (Å²) in [4.78, 5) is 15.4. The van der Waals surface area contributed by atoms with Crippen molar-refractivity contribution < 1.29 is 9.00 Å². The minimum Gasteiger partial charge on any atom is -0.361 e. The van der Waals surface area contributed by atoms with Crippen LogP contribution in [0.1, 0.15) is 23.2 Å². The zero-order valence-corrected chi connectivity index (χ0v) is 11.3. The molecular weight excluding hydrogens is 260 g/mol. The van der Waals surface area contributed by atoms with Gasteiger partial charge < -0.3 is 10.3 Å². The first kappa shape index (κ1) is 12.4. The molecule has 1 aliphatic heterocycles. The Morgan fingerprint density at radius 2 is 2.05 bits per heavy atom. The largest absolute Gasteiger partial charge is 0.361 e. The molecule has 0 saturated carbocycles. The van der Waals surface area contributed by atoms with Gasteiger partial charge in [0.05, 0.1) is 0 Å². The number of hydrogen-bond donors (Lipinski definition) is 2. The van der Waals surface area contributed by atoms with Gasteiger partial charge >= 0.3 is 0 Å². The second kappa shape index (κ2) is 5.17. The van der Waals surface area contributed by atoms with Crippen molar-refractivity contribution in [2.45, 2.75) is 18.9 Å². The molecule has 19 heavy (non-hydrogen) atoms. The highest BCUT2D eigenvalue weighted by atomic mass is 32.2. The molecule has 4 nitrogen and oxygen atoms in total. The standard InChI is InChI=1S/C14H16N2O2S/c17-14(16-10-5-8-19(18)9-6-10)12-2-1-3-13-11(12)4-7-15-13/h1-4,7,10,15H,5-6,8-9H2,(H,16,17). The molecule has 1 saturated heterocycles. The van der Waals surface area contributed by atoms with Crippen LogP contribution in [0.15, 0.2) is 30.5 Å². The molecule has 5 heteroatoms. The van der Waals surface area contributed by atoms with Crippen LogP contribution in [-0.2, 0) is 10.8 Å². The van der Waals surface area contributed by atoms with E-state index in [4.69, 9.17) is 0 Å². The lowest BCUT2D eigenvalue weighted by Gasteiger charge is -2.22. The number of aromatic amines is 1. The van der Waals surface area contributed by atoms with Crippen molar-refractivity contribution in [1.82, 2.24) is 10.3 Å². The number of rotatable bonds is 2. The van der Waals surface area contributed by atoms with Crippen LogP contribution in [-0.4, -0.2) is 32.6 Å². The maximum atomic E-state index is 12.3. The molecule has 100 valence electrons. The number of nitrogens with one attached hydrogen (secondary N) is 2. The van der Waals surface area contributed by atoms with Crippen molar-refractivity contribution in [3.63, 3.8) is 0 Å². The van der Waals surface area contributed by atoms with E-state index >= 15 is 0 Å². The summed E-state index contributed by atoms with van der Waals surface area (Å²) in [5.74, 6) is 1.35. The Labute approximate surface area is 114 Å². The summed E-state index contributed by atoms with van der Waals surface area (Å²) in [6, 6.07) is 7.74. The lowest BCUT2D eigenvalue weighted by atomic mass is 10.1. The molecule has 0 aliphatic carbocycles. The van der Waals surface area contributed by atoms with Crippen LogP contribution in [0.25, 0.3) is 10.9 Å².